The number of unbranched alkanes of at least 4 members (excludes halogenated alkanes) is 9. The third-order valence-corrected chi connectivity index (χ3v) is 5.18. The number of hydrogen-bond donors (Lipinski definition) is 0. The van der Waals surface area contributed by atoms with E-state index in [1.807, 2.05) is 0 Å². The van der Waals surface area contributed by atoms with Crippen molar-refractivity contribution in [3.05, 3.63) is 42.0 Å². The van der Waals surface area contributed by atoms with E-state index in [1.165, 1.54) is 76.2 Å². The summed E-state index contributed by atoms with van der Waals surface area (Å²) in [4.78, 5) is 0. The number of epoxide rings is 1. The van der Waals surface area contributed by atoms with Crippen LogP contribution in [0.15, 0.2) is 36.4 Å². The normalized spacial score (nSPS) is 19.2. The highest BCUT2D eigenvalue weighted by molar-refractivity contribution is 5.27. The molecule has 1 aromatic rings. The molecule has 1 fully saturated rings. The number of rotatable bonds is 15. The van der Waals surface area contributed by atoms with Crippen LogP contribution in [0.3, 0.4) is 0 Å². The second-order valence-electron chi connectivity index (χ2n) is 7.96. The van der Waals surface area contributed by atoms with Crippen molar-refractivity contribution in [3.8, 4) is 5.75 Å². The van der Waals surface area contributed by atoms with Crippen molar-refractivity contribution in [2.24, 2.45) is 0 Å². The molecule has 0 aromatic heterocycles. The zero-order valence-corrected chi connectivity index (χ0v) is 17.0. The van der Waals surface area contributed by atoms with Gasteiger partial charge in [-0.15, -0.1) is 0 Å². The largest absolute Gasteiger partial charge is 0.491 e. The Morgan fingerprint density at radius 1 is 0.923 bits per heavy atom. The number of hydrogen-bond acceptors (Lipinski definition) is 2. The smallest absolute Gasteiger partial charge is 0.123 e. The van der Waals surface area contributed by atoms with Gasteiger partial charge in [0.15, 0.2) is 0 Å². The van der Waals surface area contributed by atoms with Crippen LogP contribution < -0.4 is 4.74 Å². The third-order valence-electron chi connectivity index (χ3n) is 5.18. The van der Waals surface area contributed by atoms with Crippen molar-refractivity contribution in [2.45, 2.75) is 90.1 Å². The van der Waals surface area contributed by atoms with Crippen LogP contribution in [0.2, 0.25) is 0 Å². The average Bonchev–Trinajstić information content (AvgIpc) is 3.40. The molecule has 1 heterocycles. The van der Waals surface area contributed by atoms with E-state index in [2.05, 4.69) is 50.3 Å². The average molecular weight is 359 g/mol. The molecule has 0 bridgehead atoms. The van der Waals surface area contributed by atoms with Crippen LogP contribution in [-0.4, -0.2) is 18.8 Å². The van der Waals surface area contributed by atoms with Crippen molar-refractivity contribution >= 4 is 0 Å². The molecule has 0 N–H and O–H groups in total. The molecule has 146 valence electrons. The summed E-state index contributed by atoms with van der Waals surface area (Å²) < 4.78 is 11.1. The van der Waals surface area contributed by atoms with Crippen molar-refractivity contribution in [1.29, 1.82) is 0 Å². The summed E-state index contributed by atoms with van der Waals surface area (Å²) in [6, 6.07) is 8.60. The van der Waals surface area contributed by atoms with Gasteiger partial charge in [-0.1, -0.05) is 69.2 Å². The van der Waals surface area contributed by atoms with Gasteiger partial charge in [-0.05, 0) is 57.2 Å². The fourth-order valence-corrected chi connectivity index (χ4v) is 3.19. The summed E-state index contributed by atoms with van der Waals surface area (Å²) in [6.07, 6.45) is 19.3. The minimum atomic E-state index is -0.0366. The Balaban J connectivity index is 1.41. The molecule has 1 unspecified atom stereocenters. The van der Waals surface area contributed by atoms with Crippen LogP contribution >= 0.6 is 0 Å². The van der Waals surface area contributed by atoms with Crippen LogP contribution in [0.25, 0.3) is 0 Å². The van der Waals surface area contributed by atoms with Crippen molar-refractivity contribution in [1.82, 2.24) is 0 Å². The predicted octanol–water partition coefficient (Wildman–Crippen LogP) is 6.87. The highest BCUT2D eigenvalue weighted by Gasteiger charge is 2.40. The zero-order chi connectivity index (χ0) is 18.5. The monoisotopic (exact) mass is 358 g/mol. The Morgan fingerprint density at radius 3 is 2.08 bits per heavy atom. The highest BCUT2D eigenvalue weighted by Crippen LogP contribution is 2.27. The maximum absolute atomic E-state index is 5.78. The maximum atomic E-state index is 5.78. The minimum absolute atomic E-state index is 0.0366. The van der Waals surface area contributed by atoms with Gasteiger partial charge in [-0.2, -0.15) is 0 Å². The first-order valence-electron chi connectivity index (χ1n) is 10.7. The summed E-state index contributed by atoms with van der Waals surface area (Å²) in [7, 11) is 0. The van der Waals surface area contributed by atoms with Crippen LogP contribution in [0, 0.1) is 0 Å². The summed E-state index contributed by atoms with van der Waals surface area (Å²) in [5.41, 5.74) is 1.39. The maximum Gasteiger partial charge on any atom is 0.123 e. The van der Waals surface area contributed by atoms with Gasteiger partial charge in [0.25, 0.3) is 0 Å². The van der Waals surface area contributed by atoms with E-state index in [0.29, 0.717) is 6.61 Å². The van der Waals surface area contributed by atoms with Crippen molar-refractivity contribution in [3.63, 3.8) is 0 Å². The van der Waals surface area contributed by atoms with Crippen molar-refractivity contribution in [2.75, 3.05) is 13.2 Å². The molecule has 0 aliphatic carbocycles. The molecule has 1 saturated heterocycles. The van der Waals surface area contributed by atoms with Crippen LogP contribution in [0.4, 0.5) is 0 Å². The Kier molecular flexibility index (Phi) is 9.84. The van der Waals surface area contributed by atoms with Crippen molar-refractivity contribution < 1.29 is 9.47 Å². The number of allylic oxidation sites excluding steroid dienone is 2. The fourth-order valence-electron chi connectivity index (χ4n) is 3.19. The van der Waals surface area contributed by atoms with E-state index in [4.69, 9.17) is 9.47 Å². The second kappa shape index (κ2) is 12.2. The minimum Gasteiger partial charge on any atom is -0.491 e. The number of ether oxygens (including phenoxy) is 2. The second-order valence-corrected chi connectivity index (χ2v) is 7.96. The zero-order valence-electron chi connectivity index (χ0n) is 17.0. The molecule has 1 atom stereocenters. The number of benzene rings is 1. The molecule has 1 aromatic carbocycles. The lowest BCUT2D eigenvalue weighted by molar-refractivity contribution is 0.202. The summed E-state index contributed by atoms with van der Waals surface area (Å²) in [6.45, 7) is 5.67. The molecule has 26 heavy (non-hydrogen) atoms. The molecule has 0 radical (unpaired) electrons. The van der Waals surface area contributed by atoms with Crippen LogP contribution in [0.1, 0.15) is 83.6 Å². The van der Waals surface area contributed by atoms with Crippen LogP contribution in [0.5, 0.6) is 5.75 Å². The lowest BCUT2D eigenvalue weighted by Gasteiger charge is -2.09. The lowest BCUT2D eigenvalue weighted by Crippen LogP contribution is -2.16. The third kappa shape index (κ3) is 9.43. The van der Waals surface area contributed by atoms with Gasteiger partial charge < -0.3 is 9.47 Å². The summed E-state index contributed by atoms with van der Waals surface area (Å²) in [5, 5.41) is 0. The first-order chi connectivity index (χ1) is 12.7. The van der Waals surface area contributed by atoms with Gasteiger partial charge >= 0.3 is 0 Å². The van der Waals surface area contributed by atoms with E-state index >= 15 is 0 Å². The summed E-state index contributed by atoms with van der Waals surface area (Å²) in [5.74, 6) is 0.955. The Hall–Kier alpha value is -1.28. The van der Waals surface area contributed by atoms with Gasteiger partial charge in [-0.3, -0.25) is 0 Å². The van der Waals surface area contributed by atoms with E-state index in [9.17, 15) is 0 Å². The molecule has 2 heteroatoms. The standard InChI is InChI=1S/C24H38O2/c1-3-4-5-6-7-8-9-10-11-12-13-14-15-22-16-18-23(19-17-22)25-20-24(2)21-26-24/h3-4,16-19H,5-15,20-21H2,1-2H3/b4-3+. The molecular formula is C24H38O2. The van der Waals surface area contributed by atoms with Gasteiger partial charge in [0.05, 0.1) is 6.61 Å². The fraction of sp³-hybridized carbons (Fsp3) is 0.667. The van der Waals surface area contributed by atoms with E-state index in [1.54, 1.807) is 0 Å². The predicted molar refractivity (Wildman–Crippen MR) is 111 cm³/mol. The highest BCUT2D eigenvalue weighted by atomic mass is 16.6. The van der Waals surface area contributed by atoms with Crippen LogP contribution in [-0.2, 0) is 11.2 Å². The quantitative estimate of drug-likeness (QED) is 0.194. The van der Waals surface area contributed by atoms with Gasteiger partial charge in [0, 0.05) is 0 Å². The SMILES string of the molecule is C/C=C/CCCCCCCCCCCc1ccc(OCC2(C)CO2)cc1. The molecule has 0 amide bonds. The molecule has 0 saturated carbocycles. The molecule has 2 nitrogen and oxygen atoms in total. The first kappa shape index (κ1) is 21.0. The first-order valence-corrected chi connectivity index (χ1v) is 10.7. The molecule has 0 spiro atoms. The molecule has 1 aliphatic rings. The lowest BCUT2D eigenvalue weighted by atomic mass is 10.0. The molecular weight excluding hydrogens is 320 g/mol. The summed E-state index contributed by atoms with van der Waals surface area (Å²) >= 11 is 0. The molecule has 2 rings (SSSR count). The van der Waals surface area contributed by atoms with Gasteiger partial charge in [-0.25, -0.2) is 0 Å². The Morgan fingerprint density at radius 2 is 1.50 bits per heavy atom. The van der Waals surface area contributed by atoms with E-state index in [-0.39, 0.29) is 5.60 Å². The Labute approximate surface area is 161 Å². The Bertz CT molecular complexity index is 499. The van der Waals surface area contributed by atoms with E-state index < -0.39 is 0 Å². The van der Waals surface area contributed by atoms with E-state index in [0.717, 1.165) is 12.4 Å². The van der Waals surface area contributed by atoms with Gasteiger partial charge in [0.2, 0.25) is 0 Å². The number of aryl methyl sites for hydroxylation is 1. The molecule has 1 aliphatic heterocycles. The topological polar surface area (TPSA) is 21.8 Å². The van der Waals surface area contributed by atoms with Gasteiger partial charge in [0.1, 0.15) is 18.0 Å².